The summed E-state index contributed by atoms with van der Waals surface area (Å²) in [6.07, 6.45) is 3.32. The van der Waals surface area contributed by atoms with Crippen LogP contribution in [0.15, 0.2) is 67.0 Å². The summed E-state index contributed by atoms with van der Waals surface area (Å²) in [6, 6.07) is 17.5. The molecule has 5 nitrogen and oxygen atoms in total. The van der Waals surface area contributed by atoms with Gasteiger partial charge in [0.1, 0.15) is 0 Å². The van der Waals surface area contributed by atoms with E-state index in [1.54, 1.807) is 17.1 Å². The molecule has 0 radical (unpaired) electrons. The van der Waals surface area contributed by atoms with Gasteiger partial charge in [-0.05, 0) is 37.9 Å². The Hall–Kier alpha value is -2.92. The second-order valence-corrected chi connectivity index (χ2v) is 5.86. The molecule has 0 spiro atoms. The molecule has 1 amide bonds. The maximum absolute atomic E-state index is 12.5. The quantitative estimate of drug-likeness (QED) is 0.785. The molecular weight excluding hydrogens is 300 g/mol. The van der Waals surface area contributed by atoms with Gasteiger partial charge >= 0.3 is 0 Å². The number of carbonyl (C=O) groups is 1. The Labute approximate surface area is 141 Å². The van der Waals surface area contributed by atoms with Crippen molar-refractivity contribution in [3.05, 3.63) is 78.1 Å². The van der Waals surface area contributed by atoms with Crippen LogP contribution in [-0.2, 0) is 6.54 Å². The lowest BCUT2D eigenvalue weighted by atomic mass is 10.1. The van der Waals surface area contributed by atoms with Crippen molar-refractivity contribution in [3.63, 3.8) is 0 Å². The number of rotatable bonds is 5. The zero-order chi connectivity index (χ0) is 16.9. The van der Waals surface area contributed by atoms with Crippen molar-refractivity contribution in [2.45, 2.75) is 6.54 Å². The van der Waals surface area contributed by atoms with E-state index in [9.17, 15) is 4.79 Å². The van der Waals surface area contributed by atoms with Gasteiger partial charge in [0.25, 0.3) is 5.91 Å². The lowest BCUT2D eigenvalue weighted by Gasteiger charge is -2.14. The summed E-state index contributed by atoms with van der Waals surface area (Å²) in [6.45, 7) is 0.764. The Balaban J connectivity index is 1.78. The van der Waals surface area contributed by atoms with E-state index >= 15 is 0 Å². The van der Waals surface area contributed by atoms with Crippen molar-refractivity contribution in [1.82, 2.24) is 14.7 Å². The third kappa shape index (κ3) is 3.70. The summed E-state index contributed by atoms with van der Waals surface area (Å²) < 4.78 is 1.70. The Morgan fingerprint density at radius 3 is 2.54 bits per heavy atom. The molecule has 0 unspecified atom stereocenters. The SMILES string of the molecule is CN(C)Cc1ccccc1NC(=O)c1cnn(-c2ccccc2)c1. The van der Waals surface area contributed by atoms with Gasteiger partial charge < -0.3 is 10.2 Å². The summed E-state index contributed by atoms with van der Waals surface area (Å²) in [4.78, 5) is 14.6. The zero-order valence-electron chi connectivity index (χ0n) is 13.8. The molecule has 122 valence electrons. The van der Waals surface area contributed by atoms with Crippen LogP contribution < -0.4 is 5.32 Å². The minimum atomic E-state index is -0.164. The van der Waals surface area contributed by atoms with Gasteiger partial charge in [-0.2, -0.15) is 5.10 Å². The van der Waals surface area contributed by atoms with Crippen LogP contribution in [0, 0.1) is 0 Å². The lowest BCUT2D eigenvalue weighted by molar-refractivity contribution is 0.102. The van der Waals surface area contributed by atoms with Crippen LogP contribution in [0.1, 0.15) is 15.9 Å². The number of para-hydroxylation sites is 2. The number of anilines is 1. The van der Waals surface area contributed by atoms with E-state index in [4.69, 9.17) is 0 Å². The number of nitrogens with zero attached hydrogens (tertiary/aromatic N) is 3. The van der Waals surface area contributed by atoms with Crippen molar-refractivity contribution >= 4 is 11.6 Å². The van der Waals surface area contributed by atoms with Gasteiger partial charge in [-0.3, -0.25) is 4.79 Å². The van der Waals surface area contributed by atoms with E-state index in [1.807, 2.05) is 68.7 Å². The Bertz CT molecular complexity index is 824. The molecule has 0 aliphatic carbocycles. The molecule has 0 aliphatic heterocycles. The molecule has 0 saturated carbocycles. The highest BCUT2D eigenvalue weighted by Crippen LogP contribution is 2.18. The van der Waals surface area contributed by atoms with E-state index < -0.39 is 0 Å². The molecule has 5 heteroatoms. The minimum Gasteiger partial charge on any atom is -0.322 e. The van der Waals surface area contributed by atoms with Crippen LogP contribution in [0.4, 0.5) is 5.69 Å². The molecule has 1 aromatic heterocycles. The van der Waals surface area contributed by atoms with E-state index in [-0.39, 0.29) is 5.91 Å². The number of hydrogen-bond acceptors (Lipinski definition) is 3. The first kappa shape index (κ1) is 16.0. The predicted octanol–water partition coefficient (Wildman–Crippen LogP) is 3.19. The van der Waals surface area contributed by atoms with Crippen molar-refractivity contribution in [3.8, 4) is 5.69 Å². The Kier molecular flexibility index (Phi) is 4.72. The summed E-state index contributed by atoms with van der Waals surface area (Å²) in [5.41, 5.74) is 3.35. The molecule has 3 aromatic rings. The van der Waals surface area contributed by atoms with E-state index in [0.29, 0.717) is 5.56 Å². The Morgan fingerprint density at radius 1 is 1.08 bits per heavy atom. The highest BCUT2D eigenvalue weighted by molar-refractivity contribution is 6.04. The van der Waals surface area contributed by atoms with Gasteiger partial charge in [-0.25, -0.2) is 4.68 Å². The van der Waals surface area contributed by atoms with Crippen LogP contribution >= 0.6 is 0 Å². The smallest absolute Gasteiger partial charge is 0.258 e. The number of nitrogens with one attached hydrogen (secondary N) is 1. The van der Waals surface area contributed by atoms with Gasteiger partial charge in [-0.1, -0.05) is 36.4 Å². The fourth-order valence-corrected chi connectivity index (χ4v) is 2.48. The average Bonchev–Trinajstić information content (AvgIpc) is 3.07. The van der Waals surface area contributed by atoms with Crippen LogP contribution in [0.2, 0.25) is 0 Å². The van der Waals surface area contributed by atoms with Gasteiger partial charge in [0.2, 0.25) is 0 Å². The van der Waals surface area contributed by atoms with Crippen LogP contribution in [0.3, 0.4) is 0 Å². The van der Waals surface area contributed by atoms with Crippen LogP contribution in [0.25, 0.3) is 5.69 Å². The molecule has 0 aliphatic rings. The summed E-state index contributed by atoms with van der Waals surface area (Å²) in [5.74, 6) is -0.164. The molecule has 0 bridgehead atoms. The molecule has 24 heavy (non-hydrogen) atoms. The summed E-state index contributed by atoms with van der Waals surface area (Å²) in [5, 5.41) is 7.25. The normalized spacial score (nSPS) is 10.8. The first-order valence-corrected chi connectivity index (χ1v) is 7.77. The minimum absolute atomic E-state index is 0.164. The van der Waals surface area contributed by atoms with E-state index in [0.717, 1.165) is 23.5 Å². The molecule has 0 saturated heterocycles. The molecule has 3 rings (SSSR count). The third-order valence-electron chi connectivity index (χ3n) is 3.62. The number of amides is 1. The summed E-state index contributed by atoms with van der Waals surface area (Å²) in [7, 11) is 4.00. The predicted molar refractivity (Wildman–Crippen MR) is 95.4 cm³/mol. The van der Waals surface area contributed by atoms with Crippen molar-refractivity contribution < 1.29 is 4.79 Å². The zero-order valence-corrected chi connectivity index (χ0v) is 13.8. The number of aromatic nitrogens is 2. The molecule has 0 atom stereocenters. The van der Waals surface area contributed by atoms with Gasteiger partial charge in [0, 0.05) is 18.4 Å². The van der Waals surface area contributed by atoms with E-state index in [2.05, 4.69) is 15.3 Å². The highest BCUT2D eigenvalue weighted by Gasteiger charge is 2.12. The largest absolute Gasteiger partial charge is 0.322 e. The standard InChI is InChI=1S/C19H20N4O/c1-22(2)13-15-8-6-7-11-18(15)21-19(24)16-12-20-23(14-16)17-9-4-3-5-10-17/h3-12,14H,13H2,1-2H3,(H,21,24). The maximum atomic E-state index is 12.5. The Morgan fingerprint density at radius 2 is 1.79 bits per heavy atom. The number of benzene rings is 2. The van der Waals surface area contributed by atoms with Gasteiger partial charge in [-0.15, -0.1) is 0 Å². The molecule has 2 aromatic carbocycles. The highest BCUT2D eigenvalue weighted by atomic mass is 16.1. The second-order valence-electron chi connectivity index (χ2n) is 5.86. The fraction of sp³-hybridized carbons (Fsp3) is 0.158. The van der Waals surface area contributed by atoms with E-state index in [1.165, 1.54) is 0 Å². The summed E-state index contributed by atoms with van der Waals surface area (Å²) >= 11 is 0. The lowest BCUT2D eigenvalue weighted by Crippen LogP contribution is -2.16. The van der Waals surface area contributed by atoms with Crippen LogP contribution in [-0.4, -0.2) is 34.7 Å². The van der Waals surface area contributed by atoms with Crippen LogP contribution in [0.5, 0.6) is 0 Å². The number of hydrogen-bond donors (Lipinski definition) is 1. The monoisotopic (exact) mass is 320 g/mol. The van der Waals surface area contributed by atoms with Gasteiger partial charge in [0.05, 0.1) is 17.4 Å². The second kappa shape index (κ2) is 7.10. The molecule has 1 heterocycles. The van der Waals surface area contributed by atoms with Gasteiger partial charge in [0.15, 0.2) is 0 Å². The topological polar surface area (TPSA) is 50.2 Å². The maximum Gasteiger partial charge on any atom is 0.258 e. The average molecular weight is 320 g/mol. The first-order valence-electron chi connectivity index (χ1n) is 7.77. The first-order chi connectivity index (χ1) is 11.6. The van der Waals surface area contributed by atoms with Crippen molar-refractivity contribution in [2.75, 3.05) is 19.4 Å². The number of carbonyl (C=O) groups excluding carboxylic acids is 1. The molecular formula is C19H20N4O. The van der Waals surface area contributed by atoms with Crippen molar-refractivity contribution in [2.24, 2.45) is 0 Å². The molecule has 1 N–H and O–H groups in total. The van der Waals surface area contributed by atoms with Crippen molar-refractivity contribution in [1.29, 1.82) is 0 Å². The fourth-order valence-electron chi connectivity index (χ4n) is 2.48. The molecule has 0 fully saturated rings. The third-order valence-corrected chi connectivity index (χ3v) is 3.62.